The van der Waals surface area contributed by atoms with Crippen LogP contribution in [-0.2, 0) is 6.54 Å². The minimum absolute atomic E-state index is 0.567. The summed E-state index contributed by atoms with van der Waals surface area (Å²) in [4.78, 5) is 0. The van der Waals surface area contributed by atoms with Crippen molar-refractivity contribution in [3.8, 4) is 5.75 Å². The smallest absolute Gasteiger partial charge is 0.119 e. The zero-order chi connectivity index (χ0) is 12.8. The first-order valence-electron chi connectivity index (χ1n) is 6.84. The van der Waals surface area contributed by atoms with Gasteiger partial charge in [-0.25, -0.2) is 0 Å². The molecule has 1 aromatic carbocycles. The summed E-state index contributed by atoms with van der Waals surface area (Å²) in [6.07, 6.45) is 5.77. The van der Waals surface area contributed by atoms with E-state index in [0.29, 0.717) is 12.6 Å². The number of ether oxygens (including phenoxy) is 1. The van der Waals surface area contributed by atoms with Gasteiger partial charge in [0.2, 0.25) is 0 Å². The van der Waals surface area contributed by atoms with Crippen LogP contribution in [0.5, 0.6) is 5.75 Å². The van der Waals surface area contributed by atoms with Crippen LogP contribution in [-0.4, -0.2) is 12.6 Å². The first-order chi connectivity index (χ1) is 8.78. The average molecular weight is 245 g/mol. The number of hydrogen-bond acceptors (Lipinski definition) is 2. The summed E-state index contributed by atoms with van der Waals surface area (Å²) in [6.45, 7) is 7.50. The molecule has 1 fully saturated rings. The van der Waals surface area contributed by atoms with Crippen molar-refractivity contribution in [3.63, 3.8) is 0 Å². The molecule has 0 aromatic heterocycles. The van der Waals surface area contributed by atoms with Crippen molar-refractivity contribution in [1.82, 2.24) is 5.32 Å². The molecule has 0 heterocycles. The summed E-state index contributed by atoms with van der Waals surface area (Å²) in [7, 11) is 0. The van der Waals surface area contributed by atoms with E-state index in [4.69, 9.17) is 4.74 Å². The third-order valence-electron chi connectivity index (χ3n) is 3.58. The van der Waals surface area contributed by atoms with E-state index in [9.17, 15) is 0 Å². The molecule has 2 atom stereocenters. The molecular weight excluding hydrogens is 222 g/mol. The quantitative estimate of drug-likeness (QED) is 0.774. The Morgan fingerprint density at radius 3 is 2.72 bits per heavy atom. The molecule has 1 N–H and O–H groups in total. The van der Waals surface area contributed by atoms with Crippen LogP contribution in [0.25, 0.3) is 0 Å². The second kappa shape index (κ2) is 6.60. The molecule has 0 spiro atoms. The van der Waals surface area contributed by atoms with Crippen LogP contribution in [0, 0.1) is 5.92 Å². The molecule has 98 valence electrons. The van der Waals surface area contributed by atoms with Crippen molar-refractivity contribution >= 4 is 0 Å². The number of benzene rings is 1. The van der Waals surface area contributed by atoms with Crippen LogP contribution in [0.2, 0.25) is 0 Å². The highest BCUT2D eigenvalue weighted by molar-refractivity contribution is 5.27. The summed E-state index contributed by atoms with van der Waals surface area (Å²) in [5.41, 5.74) is 1.32. The van der Waals surface area contributed by atoms with Crippen molar-refractivity contribution in [2.75, 3.05) is 6.61 Å². The maximum atomic E-state index is 5.46. The molecule has 1 saturated carbocycles. The molecule has 2 heteroatoms. The fraction of sp³-hybridized carbons (Fsp3) is 0.500. The van der Waals surface area contributed by atoms with Gasteiger partial charge in [0.25, 0.3) is 0 Å². The number of hydrogen-bond donors (Lipinski definition) is 1. The van der Waals surface area contributed by atoms with Crippen LogP contribution >= 0.6 is 0 Å². The van der Waals surface area contributed by atoms with E-state index in [2.05, 4.69) is 31.0 Å². The van der Waals surface area contributed by atoms with Gasteiger partial charge in [0.05, 0.1) is 0 Å². The number of nitrogens with one attached hydrogen (secondary N) is 1. The second-order valence-corrected chi connectivity index (χ2v) is 5.24. The summed E-state index contributed by atoms with van der Waals surface area (Å²) in [5.74, 6) is 1.80. The average Bonchev–Trinajstić information content (AvgIpc) is 2.81. The van der Waals surface area contributed by atoms with Gasteiger partial charge < -0.3 is 10.1 Å². The highest BCUT2D eigenvalue weighted by Crippen LogP contribution is 2.24. The topological polar surface area (TPSA) is 21.3 Å². The van der Waals surface area contributed by atoms with E-state index in [1.807, 2.05) is 12.1 Å². The normalized spacial score (nSPS) is 22.9. The molecule has 18 heavy (non-hydrogen) atoms. The second-order valence-electron chi connectivity index (χ2n) is 5.24. The Morgan fingerprint density at radius 2 is 2.11 bits per heavy atom. The van der Waals surface area contributed by atoms with E-state index >= 15 is 0 Å². The summed E-state index contributed by atoms with van der Waals surface area (Å²) < 4.78 is 5.46. The first kappa shape index (κ1) is 13.2. The largest absolute Gasteiger partial charge is 0.490 e. The molecule has 1 aromatic rings. The summed E-state index contributed by atoms with van der Waals surface area (Å²) in [5, 5.41) is 3.63. The van der Waals surface area contributed by atoms with Crippen molar-refractivity contribution in [3.05, 3.63) is 42.5 Å². The van der Waals surface area contributed by atoms with Gasteiger partial charge >= 0.3 is 0 Å². The molecule has 1 aliphatic rings. The molecular formula is C16H23NO. The van der Waals surface area contributed by atoms with E-state index in [0.717, 1.165) is 18.2 Å². The Labute approximate surface area is 110 Å². The SMILES string of the molecule is C=CCOc1ccc(CNC2CCC(C)C2)cc1. The standard InChI is InChI=1S/C16H23NO/c1-3-10-18-16-8-5-14(6-9-16)12-17-15-7-4-13(2)11-15/h3,5-6,8-9,13,15,17H,1,4,7,10-12H2,2H3. The zero-order valence-electron chi connectivity index (χ0n) is 11.2. The van der Waals surface area contributed by atoms with Gasteiger partial charge in [0, 0.05) is 12.6 Å². The van der Waals surface area contributed by atoms with Crippen molar-refractivity contribution in [2.24, 2.45) is 5.92 Å². The van der Waals surface area contributed by atoms with Crippen LogP contribution in [0.1, 0.15) is 31.7 Å². The van der Waals surface area contributed by atoms with Gasteiger partial charge in [-0.3, -0.25) is 0 Å². The predicted molar refractivity (Wildman–Crippen MR) is 75.8 cm³/mol. The zero-order valence-corrected chi connectivity index (χ0v) is 11.2. The van der Waals surface area contributed by atoms with Crippen LogP contribution in [0.3, 0.4) is 0 Å². The lowest BCUT2D eigenvalue weighted by Crippen LogP contribution is -2.25. The maximum absolute atomic E-state index is 5.46. The third kappa shape index (κ3) is 3.88. The fourth-order valence-electron chi connectivity index (χ4n) is 2.51. The molecule has 2 nitrogen and oxygen atoms in total. The number of rotatable bonds is 6. The predicted octanol–water partition coefficient (Wildman–Crippen LogP) is 3.53. The Morgan fingerprint density at radius 1 is 1.33 bits per heavy atom. The Bertz CT molecular complexity index is 371. The van der Waals surface area contributed by atoms with Gasteiger partial charge in [0.15, 0.2) is 0 Å². The lowest BCUT2D eigenvalue weighted by molar-refractivity contribution is 0.363. The van der Waals surface area contributed by atoms with Gasteiger partial charge in [-0.05, 0) is 42.9 Å². The minimum Gasteiger partial charge on any atom is -0.490 e. The van der Waals surface area contributed by atoms with Gasteiger partial charge in [0.1, 0.15) is 12.4 Å². The molecule has 0 aliphatic heterocycles. The van der Waals surface area contributed by atoms with Crippen molar-refractivity contribution < 1.29 is 4.74 Å². The summed E-state index contributed by atoms with van der Waals surface area (Å²) in [6, 6.07) is 9.01. The molecule has 1 aliphatic carbocycles. The molecule has 2 rings (SSSR count). The van der Waals surface area contributed by atoms with Crippen LogP contribution in [0.4, 0.5) is 0 Å². The molecule has 0 amide bonds. The van der Waals surface area contributed by atoms with Crippen LogP contribution in [0.15, 0.2) is 36.9 Å². The Hall–Kier alpha value is -1.28. The van der Waals surface area contributed by atoms with E-state index in [1.54, 1.807) is 6.08 Å². The molecule has 2 unspecified atom stereocenters. The minimum atomic E-state index is 0.567. The van der Waals surface area contributed by atoms with Gasteiger partial charge in [-0.1, -0.05) is 31.7 Å². The highest BCUT2D eigenvalue weighted by atomic mass is 16.5. The van der Waals surface area contributed by atoms with Crippen LogP contribution < -0.4 is 10.1 Å². The lowest BCUT2D eigenvalue weighted by atomic mass is 10.1. The van der Waals surface area contributed by atoms with Gasteiger partial charge in [-0.15, -0.1) is 0 Å². The first-order valence-corrected chi connectivity index (χ1v) is 6.84. The Balaban J connectivity index is 1.77. The Kier molecular flexibility index (Phi) is 4.82. The van der Waals surface area contributed by atoms with E-state index < -0.39 is 0 Å². The fourth-order valence-corrected chi connectivity index (χ4v) is 2.51. The highest BCUT2D eigenvalue weighted by Gasteiger charge is 2.20. The van der Waals surface area contributed by atoms with E-state index in [-0.39, 0.29) is 0 Å². The monoisotopic (exact) mass is 245 g/mol. The van der Waals surface area contributed by atoms with Crippen molar-refractivity contribution in [1.29, 1.82) is 0 Å². The molecule has 0 radical (unpaired) electrons. The van der Waals surface area contributed by atoms with Crippen molar-refractivity contribution in [2.45, 2.75) is 38.8 Å². The third-order valence-corrected chi connectivity index (χ3v) is 3.58. The van der Waals surface area contributed by atoms with E-state index in [1.165, 1.54) is 24.8 Å². The lowest BCUT2D eigenvalue weighted by Gasteiger charge is -2.12. The van der Waals surface area contributed by atoms with Gasteiger partial charge in [-0.2, -0.15) is 0 Å². The maximum Gasteiger partial charge on any atom is 0.119 e. The summed E-state index contributed by atoms with van der Waals surface area (Å²) >= 11 is 0. The molecule has 0 bridgehead atoms. The molecule has 0 saturated heterocycles.